The molecule has 0 aliphatic rings. The smallest absolute Gasteiger partial charge is 0.127 e. The summed E-state index contributed by atoms with van der Waals surface area (Å²) in [6.45, 7) is 6.75. The lowest BCUT2D eigenvalue weighted by atomic mass is 10.1. The average Bonchev–Trinajstić information content (AvgIpc) is 2.27. The van der Waals surface area contributed by atoms with Crippen LogP contribution in [0.2, 0.25) is 0 Å². The molecule has 0 saturated heterocycles. The maximum absolute atomic E-state index is 8.90. The molecule has 0 aliphatic carbocycles. The number of rotatable bonds is 5. The van der Waals surface area contributed by atoms with Crippen molar-refractivity contribution in [3.05, 3.63) is 23.4 Å². The summed E-state index contributed by atoms with van der Waals surface area (Å²) >= 11 is 0. The van der Waals surface area contributed by atoms with E-state index >= 15 is 0 Å². The van der Waals surface area contributed by atoms with Gasteiger partial charge in [0.1, 0.15) is 5.82 Å². The lowest BCUT2D eigenvalue weighted by molar-refractivity contribution is 0.171. The standard InChI is InChI=1S/C13H19N3O/c1-9(2)12(8-17-4)16-13-6-11(7-14)5-10(3)15-13/h5-6,9,12H,8H2,1-4H3,(H,15,16). The molecule has 1 aromatic heterocycles. The van der Waals surface area contributed by atoms with Crippen LogP contribution in [0.4, 0.5) is 5.82 Å². The number of pyridine rings is 1. The van der Waals surface area contributed by atoms with Gasteiger partial charge in [0, 0.05) is 12.8 Å². The molecular formula is C13H19N3O. The highest BCUT2D eigenvalue weighted by molar-refractivity contribution is 5.45. The predicted octanol–water partition coefficient (Wildman–Crippen LogP) is 2.34. The number of nitrogens with one attached hydrogen (secondary N) is 1. The first-order chi connectivity index (χ1) is 8.06. The van der Waals surface area contributed by atoms with Crippen molar-refractivity contribution in [1.82, 2.24) is 4.98 Å². The van der Waals surface area contributed by atoms with Gasteiger partial charge in [-0.2, -0.15) is 5.26 Å². The Kier molecular flexibility index (Phi) is 4.92. The molecule has 0 fully saturated rings. The summed E-state index contributed by atoms with van der Waals surface area (Å²) in [5.41, 5.74) is 1.46. The normalized spacial score (nSPS) is 12.2. The molecule has 1 unspecified atom stereocenters. The Morgan fingerprint density at radius 3 is 2.71 bits per heavy atom. The number of hydrogen-bond acceptors (Lipinski definition) is 4. The third-order valence-corrected chi connectivity index (χ3v) is 2.57. The molecule has 0 bridgehead atoms. The van der Waals surface area contributed by atoms with E-state index in [1.165, 1.54) is 0 Å². The van der Waals surface area contributed by atoms with Gasteiger partial charge in [-0.3, -0.25) is 0 Å². The van der Waals surface area contributed by atoms with Gasteiger partial charge in [-0.1, -0.05) is 13.8 Å². The van der Waals surface area contributed by atoms with Crippen molar-refractivity contribution in [3.8, 4) is 6.07 Å². The van der Waals surface area contributed by atoms with Crippen LogP contribution >= 0.6 is 0 Å². The van der Waals surface area contributed by atoms with Gasteiger partial charge in [0.2, 0.25) is 0 Å². The van der Waals surface area contributed by atoms with Crippen LogP contribution in [0.5, 0.6) is 0 Å². The Labute approximate surface area is 103 Å². The zero-order valence-corrected chi connectivity index (χ0v) is 10.8. The van der Waals surface area contributed by atoms with Crippen LogP contribution in [0.15, 0.2) is 12.1 Å². The van der Waals surface area contributed by atoms with E-state index < -0.39 is 0 Å². The van der Waals surface area contributed by atoms with E-state index in [4.69, 9.17) is 10.00 Å². The van der Waals surface area contributed by atoms with Crippen LogP contribution in [0.1, 0.15) is 25.1 Å². The molecule has 0 amide bonds. The Morgan fingerprint density at radius 1 is 1.47 bits per heavy atom. The minimum atomic E-state index is 0.195. The molecule has 1 N–H and O–H groups in total. The van der Waals surface area contributed by atoms with Crippen molar-refractivity contribution < 1.29 is 4.74 Å². The van der Waals surface area contributed by atoms with E-state index in [-0.39, 0.29) is 6.04 Å². The van der Waals surface area contributed by atoms with E-state index in [0.29, 0.717) is 18.1 Å². The molecule has 0 radical (unpaired) electrons. The quantitative estimate of drug-likeness (QED) is 0.848. The van der Waals surface area contributed by atoms with Crippen molar-refractivity contribution in [2.45, 2.75) is 26.8 Å². The lowest BCUT2D eigenvalue weighted by Crippen LogP contribution is -2.30. The Hall–Kier alpha value is -1.60. The van der Waals surface area contributed by atoms with Crippen molar-refractivity contribution in [2.75, 3.05) is 19.0 Å². The number of methoxy groups -OCH3 is 1. The predicted molar refractivity (Wildman–Crippen MR) is 67.8 cm³/mol. The van der Waals surface area contributed by atoms with Crippen LogP contribution in [0.25, 0.3) is 0 Å². The third kappa shape index (κ3) is 4.04. The first kappa shape index (κ1) is 13.5. The highest BCUT2D eigenvalue weighted by Gasteiger charge is 2.13. The van der Waals surface area contributed by atoms with E-state index in [2.05, 4.69) is 30.2 Å². The minimum Gasteiger partial charge on any atom is -0.383 e. The molecule has 0 aromatic carbocycles. The maximum atomic E-state index is 8.90. The van der Waals surface area contributed by atoms with Crippen LogP contribution in [0, 0.1) is 24.2 Å². The lowest BCUT2D eigenvalue weighted by Gasteiger charge is -2.22. The van der Waals surface area contributed by atoms with Gasteiger partial charge in [-0.25, -0.2) is 4.98 Å². The fraction of sp³-hybridized carbons (Fsp3) is 0.538. The fourth-order valence-corrected chi connectivity index (χ4v) is 1.58. The second-order valence-electron chi connectivity index (χ2n) is 4.44. The number of ether oxygens (including phenoxy) is 1. The summed E-state index contributed by atoms with van der Waals surface area (Å²) in [7, 11) is 1.68. The summed E-state index contributed by atoms with van der Waals surface area (Å²) in [5, 5.41) is 12.2. The Morgan fingerprint density at radius 2 is 2.18 bits per heavy atom. The number of hydrogen-bond donors (Lipinski definition) is 1. The highest BCUT2D eigenvalue weighted by Crippen LogP contribution is 2.13. The number of anilines is 1. The van der Waals surface area contributed by atoms with Crippen molar-refractivity contribution in [1.29, 1.82) is 5.26 Å². The molecule has 92 valence electrons. The molecule has 4 nitrogen and oxygen atoms in total. The van der Waals surface area contributed by atoms with Gasteiger partial charge < -0.3 is 10.1 Å². The summed E-state index contributed by atoms with van der Waals surface area (Å²) in [5.74, 6) is 1.17. The first-order valence-electron chi connectivity index (χ1n) is 5.71. The molecule has 4 heteroatoms. The number of aromatic nitrogens is 1. The number of aryl methyl sites for hydroxylation is 1. The van der Waals surface area contributed by atoms with Crippen LogP contribution in [-0.4, -0.2) is 24.7 Å². The molecular weight excluding hydrogens is 214 g/mol. The largest absolute Gasteiger partial charge is 0.383 e. The van der Waals surface area contributed by atoms with Crippen molar-refractivity contribution in [3.63, 3.8) is 0 Å². The summed E-state index contributed by atoms with van der Waals surface area (Å²) in [6.07, 6.45) is 0. The monoisotopic (exact) mass is 233 g/mol. The van der Waals surface area contributed by atoms with E-state index in [1.807, 2.05) is 6.92 Å². The average molecular weight is 233 g/mol. The van der Waals surface area contributed by atoms with Gasteiger partial charge >= 0.3 is 0 Å². The van der Waals surface area contributed by atoms with Gasteiger partial charge in [-0.15, -0.1) is 0 Å². The fourth-order valence-electron chi connectivity index (χ4n) is 1.58. The number of nitriles is 1. The number of nitrogens with zero attached hydrogens (tertiary/aromatic N) is 2. The van der Waals surface area contributed by atoms with Crippen LogP contribution < -0.4 is 5.32 Å². The second-order valence-corrected chi connectivity index (χ2v) is 4.44. The van der Waals surface area contributed by atoms with Gasteiger partial charge in [0.15, 0.2) is 0 Å². The van der Waals surface area contributed by atoms with E-state index in [0.717, 1.165) is 11.5 Å². The van der Waals surface area contributed by atoms with Crippen molar-refractivity contribution >= 4 is 5.82 Å². The molecule has 17 heavy (non-hydrogen) atoms. The summed E-state index contributed by atoms with van der Waals surface area (Å²) in [4.78, 5) is 4.37. The van der Waals surface area contributed by atoms with E-state index in [1.54, 1.807) is 19.2 Å². The first-order valence-corrected chi connectivity index (χ1v) is 5.71. The topological polar surface area (TPSA) is 57.9 Å². The van der Waals surface area contributed by atoms with Gasteiger partial charge in [0.25, 0.3) is 0 Å². The molecule has 0 aliphatic heterocycles. The summed E-state index contributed by atoms with van der Waals surface area (Å²) < 4.78 is 5.17. The van der Waals surface area contributed by atoms with Gasteiger partial charge in [0.05, 0.1) is 24.3 Å². The molecule has 1 rings (SSSR count). The Balaban J connectivity index is 2.85. The zero-order chi connectivity index (χ0) is 12.8. The summed E-state index contributed by atoms with van der Waals surface area (Å²) in [6, 6.07) is 5.86. The molecule has 1 heterocycles. The highest BCUT2D eigenvalue weighted by atomic mass is 16.5. The van der Waals surface area contributed by atoms with Gasteiger partial charge in [-0.05, 0) is 25.0 Å². The zero-order valence-electron chi connectivity index (χ0n) is 10.8. The second kappa shape index (κ2) is 6.21. The van der Waals surface area contributed by atoms with Crippen LogP contribution in [0.3, 0.4) is 0 Å². The SMILES string of the molecule is COCC(Nc1cc(C#N)cc(C)n1)C(C)C. The molecule has 1 aromatic rings. The van der Waals surface area contributed by atoms with E-state index in [9.17, 15) is 0 Å². The minimum absolute atomic E-state index is 0.195. The Bertz CT molecular complexity index is 410. The molecule has 1 atom stereocenters. The van der Waals surface area contributed by atoms with Crippen molar-refractivity contribution in [2.24, 2.45) is 5.92 Å². The maximum Gasteiger partial charge on any atom is 0.127 e. The molecule has 0 spiro atoms. The molecule has 0 saturated carbocycles. The third-order valence-electron chi connectivity index (χ3n) is 2.57. The van der Waals surface area contributed by atoms with Crippen LogP contribution in [-0.2, 0) is 4.74 Å².